The first-order valence-corrected chi connectivity index (χ1v) is 8.54. The van der Waals surface area contributed by atoms with Crippen LogP contribution in [-0.4, -0.2) is 32.9 Å². The van der Waals surface area contributed by atoms with E-state index in [9.17, 15) is 9.90 Å². The van der Waals surface area contributed by atoms with Crippen LogP contribution in [0.1, 0.15) is 32.1 Å². The Morgan fingerprint density at radius 1 is 1.45 bits per heavy atom. The van der Waals surface area contributed by atoms with Crippen molar-refractivity contribution >= 4 is 33.7 Å². The van der Waals surface area contributed by atoms with Gasteiger partial charge in [0.2, 0.25) is 0 Å². The van der Waals surface area contributed by atoms with Gasteiger partial charge in [-0.25, -0.2) is 4.98 Å². The third-order valence-electron chi connectivity index (χ3n) is 3.92. The number of nitrogens with one attached hydrogen (secondary N) is 1. The summed E-state index contributed by atoms with van der Waals surface area (Å²) in [6.45, 7) is 0. The van der Waals surface area contributed by atoms with E-state index in [-0.39, 0.29) is 0 Å². The maximum absolute atomic E-state index is 11.6. The van der Waals surface area contributed by atoms with Crippen LogP contribution in [0, 0.1) is 0 Å². The lowest BCUT2D eigenvalue weighted by Crippen LogP contribution is -2.51. The van der Waals surface area contributed by atoms with Crippen LogP contribution in [-0.2, 0) is 4.79 Å². The van der Waals surface area contributed by atoms with Crippen LogP contribution >= 0.6 is 27.7 Å². The van der Waals surface area contributed by atoms with Gasteiger partial charge in [0.05, 0.1) is 5.03 Å². The number of carboxylic acid groups (broad SMARTS) is 1. The molecule has 6 heteroatoms. The highest BCUT2D eigenvalue weighted by molar-refractivity contribution is 9.10. The van der Waals surface area contributed by atoms with Crippen LogP contribution in [0.2, 0.25) is 0 Å². The molecule has 0 spiro atoms. The van der Waals surface area contributed by atoms with Crippen LogP contribution in [0.5, 0.6) is 0 Å². The summed E-state index contributed by atoms with van der Waals surface area (Å²) in [5.74, 6) is -0.698. The van der Waals surface area contributed by atoms with Gasteiger partial charge in [-0.05, 0) is 60.2 Å². The molecule has 2 aliphatic carbocycles. The monoisotopic (exact) mass is 356 g/mol. The number of hydrogen-bond donors (Lipinski definition) is 2. The third kappa shape index (κ3) is 3.18. The van der Waals surface area contributed by atoms with Crippen molar-refractivity contribution in [2.24, 2.45) is 0 Å². The van der Waals surface area contributed by atoms with E-state index in [0.717, 1.165) is 28.8 Å². The Morgan fingerprint density at radius 2 is 2.25 bits per heavy atom. The molecule has 1 aromatic rings. The average molecular weight is 357 g/mol. The lowest BCUT2D eigenvalue weighted by atomic mass is 9.98. The minimum Gasteiger partial charge on any atom is -0.480 e. The first-order valence-electron chi connectivity index (χ1n) is 6.87. The van der Waals surface area contributed by atoms with E-state index in [0.29, 0.717) is 24.1 Å². The molecule has 0 aromatic carbocycles. The van der Waals surface area contributed by atoms with E-state index in [4.69, 9.17) is 0 Å². The van der Waals surface area contributed by atoms with Crippen molar-refractivity contribution in [1.82, 2.24) is 10.3 Å². The zero-order valence-corrected chi connectivity index (χ0v) is 13.4. The van der Waals surface area contributed by atoms with Gasteiger partial charge in [0.15, 0.2) is 0 Å². The summed E-state index contributed by atoms with van der Waals surface area (Å²) < 4.78 is 0.962. The highest BCUT2D eigenvalue weighted by Gasteiger charge is 2.48. The van der Waals surface area contributed by atoms with Crippen molar-refractivity contribution in [3.05, 3.63) is 22.8 Å². The summed E-state index contributed by atoms with van der Waals surface area (Å²) in [5, 5.41) is 14.2. The van der Waals surface area contributed by atoms with Crippen LogP contribution in [0.15, 0.2) is 27.8 Å². The summed E-state index contributed by atoms with van der Waals surface area (Å²) in [5.41, 5.74) is -0.714. The van der Waals surface area contributed by atoms with Gasteiger partial charge in [-0.15, -0.1) is 11.8 Å². The van der Waals surface area contributed by atoms with E-state index >= 15 is 0 Å². The first-order chi connectivity index (χ1) is 9.57. The molecule has 2 atom stereocenters. The predicted octanol–water partition coefficient (Wildman–Crippen LogP) is 3.06. The van der Waals surface area contributed by atoms with E-state index in [1.54, 1.807) is 18.0 Å². The fourth-order valence-corrected chi connectivity index (χ4v) is 4.15. The number of carbonyl (C=O) groups is 1. The van der Waals surface area contributed by atoms with Gasteiger partial charge in [-0.3, -0.25) is 10.1 Å². The first kappa shape index (κ1) is 14.4. The number of aliphatic carboxylic acids is 1. The van der Waals surface area contributed by atoms with E-state index in [2.05, 4.69) is 26.2 Å². The fraction of sp³-hybridized carbons (Fsp3) is 0.571. The molecule has 0 bridgehead atoms. The second-order valence-corrected chi connectivity index (χ2v) is 7.84. The Kier molecular flexibility index (Phi) is 4.06. The van der Waals surface area contributed by atoms with Crippen LogP contribution < -0.4 is 5.32 Å². The normalized spacial score (nSPS) is 29.6. The number of aromatic nitrogens is 1. The lowest BCUT2D eigenvalue weighted by molar-refractivity contribution is -0.144. The number of pyridine rings is 1. The molecule has 2 aliphatic rings. The van der Waals surface area contributed by atoms with Crippen molar-refractivity contribution in [1.29, 1.82) is 0 Å². The van der Waals surface area contributed by atoms with Crippen molar-refractivity contribution in [2.45, 2.75) is 54.0 Å². The molecule has 0 aliphatic heterocycles. The molecule has 108 valence electrons. The number of nitrogens with zero attached hydrogens (tertiary/aromatic N) is 1. The van der Waals surface area contributed by atoms with Gasteiger partial charge in [0.25, 0.3) is 0 Å². The van der Waals surface area contributed by atoms with Gasteiger partial charge in [-0.1, -0.05) is 0 Å². The van der Waals surface area contributed by atoms with Crippen LogP contribution in [0.4, 0.5) is 0 Å². The van der Waals surface area contributed by atoms with Gasteiger partial charge in [-0.2, -0.15) is 0 Å². The molecule has 0 amide bonds. The molecule has 2 fully saturated rings. The molecule has 1 aromatic heterocycles. The number of hydrogen-bond acceptors (Lipinski definition) is 4. The Bertz CT molecular complexity index is 506. The van der Waals surface area contributed by atoms with Crippen molar-refractivity contribution < 1.29 is 9.90 Å². The Morgan fingerprint density at radius 3 is 2.85 bits per heavy atom. The van der Waals surface area contributed by atoms with Gasteiger partial charge in [0.1, 0.15) is 5.54 Å². The quantitative estimate of drug-likeness (QED) is 0.848. The summed E-state index contributed by atoms with van der Waals surface area (Å²) in [6, 6.07) is 4.36. The second kappa shape index (κ2) is 5.66. The van der Waals surface area contributed by atoms with Crippen LogP contribution in [0.3, 0.4) is 0 Å². The van der Waals surface area contributed by atoms with Crippen LogP contribution in [0.25, 0.3) is 0 Å². The lowest BCUT2D eigenvalue weighted by Gasteiger charge is -2.26. The van der Waals surface area contributed by atoms with Gasteiger partial charge >= 0.3 is 5.97 Å². The van der Waals surface area contributed by atoms with Crippen molar-refractivity contribution in [3.63, 3.8) is 0 Å². The van der Waals surface area contributed by atoms with Gasteiger partial charge < -0.3 is 5.11 Å². The van der Waals surface area contributed by atoms with Crippen molar-refractivity contribution in [2.75, 3.05) is 0 Å². The molecule has 3 rings (SSSR count). The van der Waals surface area contributed by atoms with E-state index in [1.165, 1.54) is 0 Å². The molecule has 0 radical (unpaired) electrons. The predicted molar refractivity (Wildman–Crippen MR) is 82.0 cm³/mol. The zero-order valence-electron chi connectivity index (χ0n) is 11.0. The minimum atomic E-state index is -0.714. The molecule has 0 saturated heterocycles. The molecular weight excluding hydrogens is 340 g/mol. The summed E-state index contributed by atoms with van der Waals surface area (Å²) in [7, 11) is 0. The van der Waals surface area contributed by atoms with E-state index in [1.807, 2.05) is 12.1 Å². The number of halogens is 1. The third-order valence-corrected chi connectivity index (χ3v) is 5.61. The Balaban J connectivity index is 1.65. The number of thioether (sulfide) groups is 1. The average Bonchev–Trinajstić information content (AvgIpc) is 3.12. The zero-order chi connectivity index (χ0) is 14.2. The molecule has 2 unspecified atom stereocenters. The highest BCUT2D eigenvalue weighted by Crippen LogP contribution is 2.41. The van der Waals surface area contributed by atoms with Crippen molar-refractivity contribution in [3.8, 4) is 0 Å². The minimum absolute atomic E-state index is 0.325. The fourth-order valence-electron chi connectivity index (χ4n) is 2.71. The Hall–Kier alpha value is -0.590. The largest absolute Gasteiger partial charge is 0.480 e. The second-order valence-electron chi connectivity index (χ2n) is 5.60. The maximum Gasteiger partial charge on any atom is 0.323 e. The number of rotatable bonds is 5. The molecule has 1 heterocycles. The smallest absolute Gasteiger partial charge is 0.323 e. The molecule has 4 nitrogen and oxygen atoms in total. The SMILES string of the molecule is O=C(O)C1(NC2CC2)CCC(Sc2ccc(Br)cn2)C1. The topological polar surface area (TPSA) is 62.2 Å². The number of carboxylic acids is 1. The van der Waals surface area contributed by atoms with E-state index < -0.39 is 11.5 Å². The van der Waals surface area contributed by atoms with Gasteiger partial charge in [0, 0.05) is 22.0 Å². The summed E-state index contributed by atoms with van der Waals surface area (Å²) >= 11 is 5.06. The summed E-state index contributed by atoms with van der Waals surface area (Å²) in [6.07, 6.45) is 6.33. The molecule has 2 saturated carbocycles. The molecule has 2 N–H and O–H groups in total. The molecule has 20 heavy (non-hydrogen) atoms. The maximum atomic E-state index is 11.6. The molecular formula is C14H17BrN2O2S. The highest BCUT2D eigenvalue weighted by atomic mass is 79.9. The Labute approximate surface area is 130 Å². The summed E-state index contributed by atoms with van der Waals surface area (Å²) in [4.78, 5) is 16.0. The standard InChI is InChI=1S/C14H17BrN2O2S/c15-9-1-4-12(16-8-9)20-11-5-6-14(7-11,13(18)19)17-10-2-3-10/h1,4,8,10-11,17H,2-3,5-7H2,(H,18,19).